The number of hydrogen-bond acceptors (Lipinski definition) is 8. The summed E-state index contributed by atoms with van der Waals surface area (Å²) in [6, 6.07) is 2.32. The fourth-order valence-corrected chi connectivity index (χ4v) is 5.93. The topological polar surface area (TPSA) is 102 Å². The second-order valence-corrected chi connectivity index (χ2v) is 9.88. The van der Waals surface area contributed by atoms with Crippen molar-refractivity contribution in [1.82, 2.24) is 30.0 Å². The zero-order chi connectivity index (χ0) is 23.1. The maximum absolute atomic E-state index is 13.1. The van der Waals surface area contributed by atoms with E-state index in [1.807, 2.05) is 16.8 Å². The van der Waals surface area contributed by atoms with Crippen molar-refractivity contribution < 1.29 is 9.32 Å². The maximum Gasteiger partial charge on any atom is 0.186 e. The molecule has 1 aliphatic heterocycles. The monoisotopic (exact) mass is 461 g/mol. The number of rotatable bonds is 3. The molecule has 9 heteroatoms. The number of carbonyl (C=O) groups excluding carboxylic acids is 1. The molecule has 6 rings (SSSR count). The number of anilines is 1. The van der Waals surface area contributed by atoms with Crippen LogP contribution < -0.4 is 10.2 Å². The van der Waals surface area contributed by atoms with Crippen molar-refractivity contribution in [2.45, 2.75) is 69.7 Å². The maximum atomic E-state index is 13.1. The Bertz CT molecular complexity index is 1190. The number of imidazole rings is 1. The normalized spacial score (nSPS) is 25.4. The number of nitrogens with zero attached hydrogens (tertiary/aromatic N) is 6. The molecule has 4 heterocycles. The van der Waals surface area contributed by atoms with Crippen LogP contribution in [0.3, 0.4) is 0 Å². The zero-order valence-electron chi connectivity index (χ0n) is 19.7. The number of carbonyl (C=O) groups is 1. The number of ketones is 1. The first-order valence-corrected chi connectivity index (χ1v) is 12.5. The second kappa shape index (κ2) is 8.61. The molecule has 3 aromatic rings. The molecule has 1 N–H and O–H groups in total. The lowest BCUT2D eigenvalue weighted by molar-refractivity contribution is -0.128. The highest BCUT2D eigenvalue weighted by molar-refractivity contribution is 5.91. The van der Waals surface area contributed by atoms with Crippen LogP contribution in [0, 0.1) is 0 Å². The van der Waals surface area contributed by atoms with Gasteiger partial charge in [-0.2, -0.15) is 0 Å². The van der Waals surface area contributed by atoms with Gasteiger partial charge in [0, 0.05) is 49.6 Å². The quantitative estimate of drug-likeness (QED) is 0.634. The fraction of sp³-hybridized carbons (Fsp3) is 0.560. The Morgan fingerprint density at radius 1 is 1.12 bits per heavy atom. The van der Waals surface area contributed by atoms with Gasteiger partial charge in [0.1, 0.15) is 23.7 Å². The third kappa shape index (κ3) is 3.53. The Kier molecular flexibility index (Phi) is 5.44. The summed E-state index contributed by atoms with van der Waals surface area (Å²) in [5, 5.41) is 7.99. The third-order valence-corrected chi connectivity index (χ3v) is 7.74. The van der Waals surface area contributed by atoms with Gasteiger partial charge in [-0.1, -0.05) is 11.6 Å². The molecule has 178 valence electrons. The van der Waals surface area contributed by atoms with E-state index >= 15 is 0 Å². The molecule has 1 saturated heterocycles. The standard InChI is InChI=1S/C25H31N7O2/c1-17-15-26-10-5-12-32(17)21-14-20(31-13-11-27-16-31)28-24(29-21)22-18-6-4-9-25(23(18)34-30-22)8-3-2-7-19(25)33/h11,13-14,16-17,26H,2-10,12,15H2,1H3/t17-,25+/m0/s1. The molecule has 2 atom stereocenters. The van der Waals surface area contributed by atoms with Crippen LogP contribution in [0.25, 0.3) is 17.3 Å². The molecule has 0 bridgehead atoms. The molecular formula is C25H31N7O2. The predicted octanol–water partition coefficient (Wildman–Crippen LogP) is 3.22. The molecule has 3 aromatic heterocycles. The van der Waals surface area contributed by atoms with Gasteiger partial charge in [-0.05, 0) is 52.0 Å². The van der Waals surface area contributed by atoms with E-state index in [1.165, 1.54) is 0 Å². The van der Waals surface area contributed by atoms with Gasteiger partial charge in [-0.15, -0.1) is 0 Å². The number of fused-ring (bicyclic) bond motifs is 2. The summed E-state index contributed by atoms with van der Waals surface area (Å²) in [7, 11) is 0. The molecule has 1 spiro atoms. The highest BCUT2D eigenvalue weighted by atomic mass is 16.5. The molecule has 9 nitrogen and oxygen atoms in total. The minimum absolute atomic E-state index is 0.301. The average molecular weight is 462 g/mol. The summed E-state index contributed by atoms with van der Waals surface area (Å²) in [5.74, 6) is 3.25. The number of aromatic nitrogens is 5. The van der Waals surface area contributed by atoms with E-state index in [0.717, 1.165) is 87.5 Å². The van der Waals surface area contributed by atoms with Crippen molar-refractivity contribution in [1.29, 1.82) is 0 Å². The van der Waals surface area contributed by atoms with E-state index in [-0.39, 0.29) is 0 Å². The molecule has 34 heavy (non-hydrogen) atoms. The van der Waals surface area contributed by atoms with Crippen molar-refractivity contribution in [3.63, 3.8) is 0 Å². The molecule has 1 saturated carbocycles. The van der Waals surface area contributed by atoms with Gasteiger partial charge in [-0.25, -0.2) is 15.0 Å². The Morgan fingerprint density at radius 2 is 2.00 bits per heavy atom. The van der Waals surface area contributed by atoms with Crippen LogP contribution in [0.1, 0.15) is 63.2 Å². The van der Waals surface area contributed by atoms with E-state index < -0.39 is 5.41 Å². The van der Waals surface area contributed by atoms with Gasteiger partial charge in [-0.3, -0.25) is 9.36 Å². The summed E-state index contributed by atoms with van der Waals surface area (Å²) in [6.45, 7) is 5.04. The van der Waals surface area contributed by atoms with Crippen molar-refractivity contribution in [2.75, 3.05) is 24.5 Å². The largest absolute Gasteiger partial charge is 0.359 e. The number of hydrogen-bond donors (Lipinski definition) is 1. The smallest absolute Gasteiger partial charge is 0.186 e. The molecule has 3 aliphatic rings. The Balaban J connectivity index is 1.47. The highest BCUT2D eigenvalue weighted by Gasteiger charge is 2.48. The van der Waals surface area contributed by atoms with Gasteiger partial charge in [0.15, 0.2) is 17.3 Å². The van der Waals surface area contributed by atoms with Gasteiger partial charge in [0.05, 0.1) is 5.41 Å². The lowest BCUT2D eigenvalue weighted by Crippen LogP contribution is -2.41. The lowest BCUT2D eigenvalue weighted by atomic mass is 9.64. The average Bonchev–Trinajstić information content (AvgIpc) is 3.49. The minimum atomic E-state index is -0.507. The summed E-state index contributed by atoms with van der Waals surface area (Å²) in [4.78, 5) is 29.5. The van der Waals surface area contributed by atoms with Crippen molar-refractivity contribution in [3.8, 4) is 17.3 Å². The van der Waals surface area contributed by atoms with Crippen molar-refractivity contribution >= 4 is 11.6 Å². The van der Waals surface area contributed by atoms with Gasteiger partial charge in [0.25, 0.3) is 0 Å². The first kappa shape index (κ1) is 21.5. The highest BCUT2D eigenvalue weighted by Crippen LogP contribution is 2.47. The summed E-state index contributed by atoms with van der Waals surface area (Å²) < 4.78 is 7.87. The number of nitrogens with one attached hydrogen (secondary N) is 1. The van der Waals surface area contributed by atoms with Crippen LogP contribution in [0.5, 0.6) is 0 Å². The van der Waals surface area contributed by atoms with E-state index in [4.69, 9.17) is 14.5 Å². The van der Waals surface area contributed by atoms with Gasteiger partial charge >= 0.3 is 0 Å². The fourth-order valence-electron chi connectivity index (χ4n) is 5.93. The molecule has 0 aromatic carbocycles. The van der Waals surface area contributed by atoms with E-state index in [1.54, 1.807) is 12.5 Å². The van der Waals surface area contributed by atoms with Crippen LogP contribution >= 0.6 is 0 Å². The predicted molar refractivity (Wildman–Crippen MR) is 127 cm³/mol. The Hall–Kier alpha value is -3.07. The number of Topliss-reactive ketones (excluding diaryl/α,β-unsaturated/α-hetero) is 1. The van der Waals surface area contributed by atoms with Crippen molar-refractivity contribution in [3.05, 3.63) is 36.1 Å². The molecule has 0 unspecified atom stereocenters. The van der Waals surface area contributed by atoms with E-state index in [0.29, 0.717) is 29.8 Å². The summed E-state index contributed by atoms with van der Waals surface area (Å²) in [6.07, 6.45) is 12.6. The van der Waals surface area contributed by atoms with Crippen molar-refractivity contribution in [2.24, 2.45) is 0 Å². The van der Waals surface area contributed by atoms with Gasteiger partial charge in [0.2, 0.25) is 0 Å². The molecule has 0 radical (unpaired) electrons. The molecule has 2 fully saturated rings. The minimum Gasteiger partial charge on any atom is -0.359 e. The van der Waals surface area contributed by atoms with Crippen LogP contribution in [0.2, 0.25) is 0 Å². The van der Waals surface area contributed by atoms with Crippen LogP contribution in [-0.2, 0) is 16.6 Å². The SMILES string of the molecule is C[C@H]1CNCCCN1c1cc(-n2ccnc2)nc(-c2noc3c2CCC[C@@]32CCCCC2=O)n1. The molecule has 2 aliphatic carbocycles. The van der Waals surface area contributed by atoms with Gasteiger partial charge < -0.3 is 14.7 Å². The first-order valence-electron chi connectivity index (χ1n) is 12.5. The first-order chi connectivity index (χ1) is 16.7. The van der Waals surface area contributed by atoms with Crippen LogP contribution in [0.15, 0.2) is 29.3 Å². The molecule has 0 amide bonds. The summed E-state index contributed by atoms with van der Waals surface area (Å²) >= 11 is 0. The van der Waals surface area contributed by atoms with Crippen LogP contribution in [0.4, 0.5) is 5.82 Å². The summed E-state index contributed by atoms with van der Waals surface area (Å²) in [5.41, 5.74) is 1.18. The lowest BCUT2D eigenvalue weighted by Gasteiger charge is -2.36. The Morgan fingerprint density at radius 3 is 2.85 bits per heavy atom. The Labute approximate surface area is 199 Å². The molecular weight excluding hydrogens is 430 g/mol. The zero-order valence-corrected chi connectivity index (χ0v) is 19.7. The third-order valence-electron chi connectivity index (χ3n) is 7.74. The van der Waals surface area contributed by atoms with E-state index in [9.17, 15) is 4.79 Å². The second-order valence-electron chi connectivity index (χ2n) is 9.88. The van der Waals surface area contributed by atoms with Crippen LogP contribution in [-0.4, -0.2) is 56.1 Å². The van der Waals surface area contributed by atoms with E-state index in [2.05, 4.69) is 27.3 Å².